The number of aromatic nitrogens is 2. The third kappa shape index (κ3) is 2.52. The second-order valence-corrected chi connectivity index (χ2v) is 4.36. The number of hydrogen-bond acceptors (Lipinski definition) is 4. The molecule has 2 aromatic rings. The van der Waals surface area contributed by atoms with Gasteiger partial charge in [-0.15, -0.1) is 0 Å². The molecule has 0 unspecified atom stereocenters. The zero-order chi connectivity index (χ0) is 14.0. The number of primary amides is 1. The maximum Gasteiger partial charge on any atom is 0.250 e. The number of nitrogens with one attached hydrogen (secondary N) is 1. The van der Waals surface area contributed by atoms with Gasteiger partial charge in [0.25, 0.3) is 5.91 Å². The van der Waals surface area contributed by atoms with Crippen molar-refractivity contribution in [2.45, 2.75) is 13.5 Å². The van der Waals surface area contributed by atoms with Crippen molar-refractivity contribution in [1.29, 1.82) is 0 Å². The lowest BCUT2D eigenvalue weighted by Gasteiger charge is -2.11. The number of amides is 1. The standard InChI is InChI=1S/C13H17N5O/c1-8-9(7-17-18(8)2)6-16-11-5-3-4-10(12(11)14)13(15)19/h3-5,7,16H,6,14H2,1-2H3,(H2,15,19). The Labute approximate surface area is 111 Å². The molecule has 0 fully saturated rings. The van der Waals surface area contributed by atoms with Crippen LogP contribution in [0, 0.1) is 6.92 Å². The first-order valence-electron chi connectivity index (χ1n) is 5.90. The number of nitrogens with zero attached hydrogens (tertiary/aromatic N) is 2. The Bertz CT molecular complexity index is 617. The summed E-state index contributed by atoms with van der Waals surface area (Å²) in [5, 5.41) is 7.36. The molecule has 5 N–H and O–H groups in total. The first-order chi connectivity index (χ1) is 9.00. The third-order valence-electron chi connectivity index (χ3n) is 3.18. The van der Waals surface area contributed by atoms with Crippen molar-refractivity contribution in [2.75, 3.05) is 11.1 Å². The van der Waals surface area contributed by atoms with Gasteiger partial charge in [-0.3, -0.25) is 9.48 Å². The molecule has 0 atom stereocenters. The first-order valence-corrected chi connectivity index (χ1v) is 5.90. The van der Waals surface area contributed by atoms with Crippen LogP contribution in [0.4, 0.5) is 11.4 Å². The van der Waals surface area contributed by atoms with Crippen LogP contribution in [0.1, 0.15) is 21.6 Å². The summed E-state index contributed by atoms with van der Waals surface area (Å²) in [6.07, 6.45) is 1.80. The normalized spacial score (nSPS) is 10.4. The number of hydrogen-bond donors (Lipinski definition) is 3. The minimum Gasteiger partial charge on any atom is -0.396 e. The van der Waals surface area contributed by atoms with Crippen LogP contribution in [0.15, 0.2) is 24.4 Å². The molecule has 0 spiro atoms. The molecule has 0 bridgehead atoms. The number of rotatable bonds is 4. The second kappa shape index (κ2) is 5.01. The molecule has 6 nitrogen and oxygen atoms in total. The van der Waals surface area contributed by atoms with Gasteiger partial charge < -0.3 is 16.8 Å². The fraction of sp³-hybridized carbons (Fsp3) is 0.231. The van der Waals surface area contributed by atoms with Crippen molar-refractivity contribution >= 4 is 17.3 Å². The van der Waals surface area contributed by atoms with E-state index < -0.39 is 5.91 Å². The molecule has 0 saturated heterocycles. The van der Waals surface area contributed by atoms with Gasteiger partial charge in [-0.25, -0.2) is 0 Å². The Kier molecular flexibility index (Phi) is 3.41. The number of para-hydroxylation sites is 1. The van der Waals surface area contributed by atoms with Crippen LogP contribution in [0.3, 0.4) is 0 Å². The lowest BCUT2D eigenvalue weighted by Crippen LogP contribution is -2.15. The zero-order valence-corrected chi connectivity index (χ0v) is 11.0. The lowest BCUT2D eigenvalue weighted by atomic mass is 10.1. The Morgan fingerprint density at radius 1 is 1.47 bits per heavy atom. The predicted octanol–water partition coefficient (Wildman–Crippen LogP) is 1.02. The van der Waals surface area contributed by atoms with Gasteiger partial charge in [-0.1, -0.05) is 6.07 Å². The van der Waals surface area contributed by atoms with Crippen LogP contribution in [0.25, 0.3) is 0 Å². The van der Waals surface area contributed by atoms with E-state index in [0.29, 0.717) is 23.5 Å². The minimum atomic E-state index is -0.529. The highest BCUT2D eigenvalue weighted by molar-refractivity contribution is 6.00. The van der Waals surface area contributed by atoms with Crippen molar-refractivity contribution < 1.29 is 4.79 Å². The Morgan fingerprint density at radius 2 is 2.21 bits per heavy atom. The van der Waals surface area contributed by atoms with Crippen molar-refractivity contribution in [2.24, 2.45) is 12.8 Å². The smallest absolute Gasteiger partial charge is 0.250 e. The molecular weight excluding hydrogens is 242 g/mol. The fourth-order valence-corrected chi connectivity index (χ4v) is 1.84. The molecule has 0 aliphatic carbocycles. The van der Waals surface area contributed by atoms with Crippen molar-refractivity contribution in [3.8, 4) is 0 Å². The number of aryl methyl sites for hydroxylation is 1. The molecule has 0 aliphatic rings. The lowest BCUT2D eigenvalue weighted by molar-refractivity contribution is 0.100. The van der Waals surface area contributed by atoms with Crippen LogP contribution in [-0.2, 0) is 13.6 Å². The van der Waals surface area contributed by atoms with Crippen LogP contribution >= 0.6 is 0 Å². The summed E-state index contributed by atoms with van der Waals surface area (Å²) in [5.74, 6) is -0.529. The maximum atomic E-state index is 11.2. The number of nitrogen functional groups attached to an aromatic ring is 1. The van der Waals surface area contributed by atoms with Crippen molar-refractivity contribution in [3.05, 3.63) is 41.2 Å². The molecule has 19 heavy (non-hydrogen) atoms. The number of nitrogens with two attached hydrogens (primary N) is 2. The summed E-state index contributed by atoms with van der Waals surface area (Å²) >= 11 is 0. The van der Waals surface area contributed by atoms with Gasteiger partial charge in [-0.2, -0.15) is 5.10 Å². The zero-order valence-electron chi connectivity index (χ0n) is 11.0. The molecule has 0 radical (unpaired) electrons. The molecule has 2 rings (SSSR count). The highest BCUT2D eigenvalue weighted by Gasteiger charge is 2.10. The van der Waals surface area contributed by atoms with E-state index in [4.69, 9.17) is 11.5 Å². The summed E-state index contributed by atoms with van der Waals surface area (Å²) in [4.78, 5) is 11.2. The van der Waals surface area contributed by atoms with Gasteiger partial charge in [0.05, 0.1) is 23.1 Å². The van der Waals surface area contributed by atoms with Crippen LogP contribution in [-0.4, -0.2) is 15.7 Å². The molecule has 6 heteroatoms. The monoisotopic (exact) mass is 259 g/mol. The van der Waals surface area contributed by atoms with Crippen LogP contribution < -0.4 is 16.8 Å². The number of benzene rings is 1. The average molecular weight is 259 g/mol. The van der Waals surface area contributed by atoms with Gasteiger partial charge in [0, 0.05) is 24.8 Å². The predicted molar refractivity (Wildman–Crippen MR) is 74.6 cm³/mol. The number of carbonyl (C=O) groups excluding carboxylic acids is 1. The summed E-state index contributed by atoms with van der Waals surface area (Å²) in [6.45, 7) is 2.58. The third-order valence-corrected chi connectivity index (χ3v) is 3.18. The van der Waals surface area contributed by atoms with E-state index in [2.05, 4.69) is 10.4 Å². The van der Waals surface area contributed by atoms with E-state index in [1.165, 1.54) is 0 Å². The molecule has 0 saturated carbocycles. The minimum absolute atomic E-state index is 0.327. The van der Waals surface area contributed by atoms with E-state index >= 15 is 0 Å². The van der Waals surface area contributed by atoms with Gasteiger partial charge in [0.15, 0.2) is 0 Å². The SMILES string of the molecule is Cc1c(CNc2cccc(C(N)=O)c2N)cnn1C. The summed E-state index contributed by atoms with van der Waals surface area (Å²) in [7, 11) is 1.89. The van der Waals surface area contributed by atoms with E-state index in [1.807, 2.05) is 20.0 Å². The molecule has 0 aliphatic heterocycles. The molecule has 1 aromatic carbocycles. The Balaban J connectivity index is 2.18. The Morgan fingerprint density at radius 3 is 2.79 bits per heavy atom. The molecule has 1 heterocycles. The van der Waals surface area contributed by atoms with E-state index in [9.17, 15) is 4.79 Å². The summed E-state index contributed by atoms with van der Waals surface area (Å²) < 4.78 is 1.81. The maximum absolute atomic E-state index is 11.2. The first kappa shape index (κ1) is 12.9. The van der Waals surface area contributed by atoms with E-state index in [-0.39, 0.29) is 0 Å². The molecule has 100 valence electrons. The van der Waals surface area contributed by atoms with Gasteiger partial charge >= 0.3 is 0 Å². The average Bonchev–Trinajstić information content (AvgIpc) is 2.68. The van der Waals surface area contributed by atoms with Gasteiger partial charge in [0.1, 0.15) is 0 Å². The van der Waals surface area contributed by atoms with Crippen molar-refractivity contribution in [3.63, 3.8) is 0 Å². The summed E-state index contributed by atoms with van der Waals surface area (Å²) in [6, 6.07) is 5.17. The summed E-state index contributed by atoms with van der Waals surface area (Å²) in [5.41, 5.74) is 14.7. The second-order valence-electron chi connectivity index (χ2n) is 4.36. The Hall–Kier alpha value is -2.50. The molecule has 1 aromatic heterocycles. The number of anilines is 2. The number of carbonyl (C=O) groups is 1. The highest BCUT2D eigenvalue weighted by atomic mass is 16.1. The quantitative estimate of drug-likeness (QED) is 0.714. The molecular formula is C13H17N5O. The van der Waals surface area contributed by atoms with Crippen LogP contribution in [0.2, 0.25) is 0 Å². The van der Waals surface area contributed by atoms with Crippen molar-refractivity contribution in [1.82, 2.24) is 9.78 Å². The largest absolute Gasteiger partial charge is 0.396 e. The highest BCUT2D eigenvalue weighted by Crippen LogP contribution is 2.23. The topological polar surface area (TPSA) is 99.0 Å². The van der Waals surface area contributed by atoms with E-state index in [1.54, 1.807) is 23.0 Å². The fourth-order valence-electron chi connectivity index (χ4n) is 1.84. The van der Waals surface area contributed by atoms with Gasteiger partial charge in [-0.05, 0) is 19.1 Å². The molecule has 1 amide bonds. The van der Waals surface area contributed by atoms with E-state index in [0.717, 1.165) is 11.3 Å². The van der Waals surface area contributed by atoms with Crippen LogP contribution in [0.5, 0.6) is 0 Å². The van der Waals surface area contributed by atoms with Gasteiger partial charge in [0.2, 0.25) is 0 Å².